The second-order valence-corrected chi connectivity index (χ2v) is 9.49. The highest BCUT2D eigenvalue weighted by molar-refractivity contribution is 5.30. The maximum absolute atomic E-state index is 11.9. The minimum absolute atomic E-state index is 0. The van der Waals surface area contributed by atoms with Crippen molar-refractivity contribution in [2.45, 2.75) is 64.5 Å². The van der Waals surface area contributed by atoms with Gasteiger partial charge in [0.1, 0.15) is 6.54 Å². The van der Waals surface area contributed by atoms with E-state index in [-0.39, 0.29) is 22.9 Å². The monoisotopic (exact) mass is 476 g/mol. The van der Waals surface area contributed by atoms with Crippen LogP contribution in [0, 0.1) is 5.92 Å². The summed E-state index contributed by atoms with van der Waals surface area (Å²) in [6.07, 6.45) is 10.7. The van der Waals surface area contributed by atoms with Crippen LogP contribution in [0.5, 0.6) is 0 Å². The Morgan fingerprint density at radius 3 is 2.47 bits per heavy atom. The number of aliphatic hydroxyl groups is 1. The summed E-state index contributed by atoms with van der Waals surface area (Å²) in [4.78, 5) is 4.59. The minimum Gasteiger partial charge on any atom is -1.00 e. The molecule has 0 saturated heterocycles. The summed E-state index contributed by atoms with van der Waals surface area (Å²) < 4.78 is 7.05. The van der Waals surface area contributed by atoms with Gasteiger partial charge in [0.15, 0.2) is 11.4 Å². The predicted molar refractivity (Wildman–Crippen MR) is 117 cm³/mol. The van der Waals surface area contributed by atoms with E-state index in [1.54, 1.807) is 0 Å². The normalized spacial score (nSPS) is 17.1. The van der Waals surface area contributed by atoms with Crippen LogP contribution < -0.4 is 17.0 Å². The zero-order chi connectivity index (χ0) is 20.9. The Morgan fingerprint density at radius 1 is 1.17 bits per heavy atom. The fourth-order valence-electron chi connectivity index (χ4n) is 4.51. The topological polar surface area (TPSA) is 46.3 Å². The molecule has 5 heteroatoms. The molecule has 2 aromatic rings. The number of benzene rings is 1. The standard InChI is InChI=1S/C25H37N2O2.BrH/c1-20(2)12-11-17-27(3,4)19-23-18-26-24(29-23)25(28,21-13-7-5-8-14-21)22-15-9-6-10-16-22;/h5,7-8,12-14,18,22,28H,6,9-11,15-17,19H2,1-4H3;1H/q+1;/p-1. The SMILES string of the molecule is CC(C)=CCC[N+](C)(C)Cc1cnc(C(O)(c2ccccc2)C2CCCCC2)o1.[Br-]. The van der Waals surface area contributed by atoms with Gasteiger partial charge in [-0.1, -0.05) is 61.2 Å². The van der Waals surface area contributed by atoms with Gasteiger partial charge in [-0.3, -0.25) is 0 Å². The summed E-state index contributed by atoms with van der Waals surface area (Å²) in [5.74, 6) is 1.44. The Balaban J connectivity index is 0.00000320. The molecule has 0 amide bonds. The maximum atomic E-state index is 11.9. The third kappa shape index (κ3) is 6.05. The quantitative estimate of drug-likeness (QED) is 0.470. The van der Waals surface area contributed by atoms with Crippen LogP contribution in [-0.4, -0.2) is 35.2 Å². The van der Waals surface area contributed by atoms with E-state index in [0.29, 0.717) is 5.89 Å². The third-order valence-electron chi connectivity index (χ3n) is 6.16. The summed E-state index contributed by atoms with van der Waals surface area (Å²) in [6, 6.07) is 9.94. The molecule has 1 N–H and O–H groups in total. The lowest BCUT2D eigenvalue weighted by Crippen LogP contribution is -3.00. The number of halogens is 1. The van der Waals surface area contributed by atoms with Crippen molar-refractivity contribution in [3.05, 3.63) is 65.4 Å². The lowest BCUT2D eigenvalue weighted by Gasteiger charge is -2.36. The first-order valence-corrected chi connectivity index (χ1v) is 11.0. The zero-order valence-corrected chi connectivity index (χ0v) is 20.5. The highest BCUT2D eigenvalue weighted by atomic mass is 79.9. The van der Waals surface area contributed by atoms with E-state index in [4.69, 9.17) is 4.42 Å². The number of oxazole rings is 1. The van der Waals surface area contributed by atoms with Crippen molar-refractivity contribution < 1.29 is 31.0 Å². The molecule has 1 atom stereocenters. The van der Waals surface area contributed by atoms with E-state index in [1.807, 2.05) is 36.5 Å². The van der Waals surface area contributed by atoms with E-state index in [2.05, 4.69) is 39.0 Å². The minimum atomic E-state index is -1.15. The number of nitrogens with zero attached hydrogens (tertiary/aromatic N) is 2. The molecule has 4 nitrogen and oxygen atoms in total. The average Bonchev–Trinajstić information content (AvgIpc) is 3.16. The molecule has 30 heavy (non-hydrogen) atoms. The van der Waals surface area contributed by atoms with Crippen LogP contribution in [0.4, 0.5) is 0 Å². The van der Waals surface area contributed by atoms with Gasteiger partial charge in [0.05, 0.1) is 26.8 Å². The Kier molecular flexibility index (Phi) is 8.89. The zero-order valence-electron chi connectivity index (χ0n) is 18.9. The molecule has 1 saturated carbocycles. The Morgan fingerprint density at radius 2 is 1.83 bits per heavy atom. The molecule has 1 aromatic heterocycles. The van der Waals surface area contributed by atoms with Crippen molar-refractivity contribution in [3.63, 3.8) is 0 Å². The molecule has 1 fully saturated rings. The third-order valence-corrected chi connectivity index (χ3v) is 6.16. The van der Waals surface area contributed by atoms with Crippen molar-refractivity contribution in [1.29, 1.82) is 0 Å². The highest BCUT2D eigenvalue weighted by Crippen LogP contribution is 2.43. The van der Waals surface area contributed by atoms with Gasteiger partial charge in [-0.05, 0) is 32.3 Å². The molecule has 1 heterocycles. The van der Waals surface area contributed by atoms with E-state index in [1.165, 1.54) is 12.0 Å². The van der Waals surface area contributed by atoms with Gasteiger partial charge in [-0.2, -0.15) is 0 Å². The van der Waals surface area contributed by atoms with Crippen molar-refractivity contribution in [1.82, 2.24) is 4.98 Å². The molecular weight excluding hydrogens is 440 g/mol. The predicted octanol–water partition coefficient (Wildman–Crippen LogP) is 2.43. The Hall–Kier alpha value is -1.43. The first-order chi connectivity index (χ1) is 13.8. The highest BCUT2D eigenvalue weighted by Gasteiger charge is 2.44. The largest absolute Gasteiger partial charge is 1.00 e. The molecule has 0 aliphatic heterocycles. The second-order valence-electron chi connectivity index (χ2n) is 9.49. The fraction of sp³-hybridized carbons (Fsp3) is 0.560. The molecule has 0 bridgehead atoms. The van der Waals surface area contributed by atoms with Crippen molar-refractivity contribution in [3.8, 4) is 0 Å². The van der Waals surface area contributed by atoms with Crippen LogP contribution in [0.25, 0.3) is 0 Å². The summed E-state index contributed by atoms with van der Waals surface area (Å²) in [7, 11) is 4.43. The van der Waals surface area contributed by atoms with Gasteiger partial charge in [0.25, 0.3) is 0 Å². The molecule has 1 unspecified atom stereocenters. The number of hydrogen-bond donors (Lipinski definition) is 1. The fourth-order valence-corrected chi connectivity index (χ4v) is 4.51. The van der Waals surface area contributed by atoms with Crippen LogP contribution in [0.2, 0.25) is 0 Å². The number of hydrogen-bond acceptors (Lipinski definition) is 3. The summed E-state index contributed by atoms with van der Waals surface area (Å²) in [5.41, 5.74) is 1.09. The smallest absolute Gasteiger partial charge is 0.231 e. The summed E-state index contributed by atoms with van der Waals surface area (Å²) in [5, 5.41) is 11.9. The van der Waals surface area contributed by atoms with E-state index in [9.17, 15) is 5.11 Å². The van der Waals surface area contributed by atoms with Crippen LogP contribution >= 0.6 is 0 Å². The number of allylic oxidation sites excluding steroid dienone is 1. The molecule has 3 rings (SSSR count). The van der Waals surface area contributed by atoms with Gasteiger partial charge in [-0.15, -0.1) is 0 Å². The molecule has 1 aromatic carbocycles. The second kappa shape index (κ2) is 10.7. The molecule has 0 spiro atoms. The van der Waals surface area contributed by atoms with Crippen LogP contribution in [0.15, 0.2) is 52.6 Å². The first kappa shape index (κ1) is 24.8. The van der Waals surface area contributed by atoms with Crippen molar-refractivity contribution in [2.24, 2.45) is 5.92 Å². The summed E-state index contributed by atoms with van der Waals surface area (Å²) >= 11 is 0. The number of aromatic nitrogens is 1. The van der Waals surface area contributed by atoms with Gasteiger partial charge in [0, 0.05) is 12.3 Å². The van der Waals surface area contributed by atoms with Crippen molar-refractivity contribution >= 4 is 0 Å². The van der Waals surface area contributed by atoms with Gasteiger partial charge < -0.3 is 31.0 Å². The van der Waals surface area contributed by atoms with E-state index >= 15 is 0 Å². The Bertz CT molecular complexity index is 806. The van der Waals surface area contributed by atoms with Crippen molar-refractivity contribution in [2.75, 3.05) is 20.6 Å². The lowest BCUT2D eigenvalue weighted by atomic mass is 9.73. The molecule has 1 aliphatic carbocycles. The molecular formula is C25H37BrN2O2. The number of rotatable bonds is 8. The van der Waals surface area contributed by atoms with Crippen LogP contribution in [0.3, 0.4) is 0 Å². The molecule has 0 radical (unpaired) electrons. The molecule has 1 aliphatic rings. The lowest BCUT2D eigenvalue weighted by molar-refractivity contribution is -0.904. The van der Waals surface area contributed by atoms with E-state index < -0.39 is 5.60 Å². The molecule has 166 valence electrons. The van der Waals surface area contributed by atoms with Gasteiger partial charge in [0.2, 0.25) is 5.89 Å². The van der Waals surface area contributed by atoms with Crippen LogP contribution in [0.1, 0.15) is 69.6 Å². The average molecular weight is 477 g/mol. The summed E-state index contributed by atoms with van der Waals surface area (Å²) in [6.45, 7) is 6.07. The van der Waals surface area contributed by atoms with Gasteiger partial charge >= 0.3 is 0 Å². The maximum Gasteiger partial charge on any atom is 0.231 e. The Labute approximate surface area is 192 Å². The van der Waals surface area contributed by atoms with Gasteiger partial charge in [-0.25, -0.2) is 4.98 Å². The first-order valence-electron chi connectivity index (χ1n) is 11.0. The van der Waals surface area contributed by atoms with Crippen LogP contribution in [-0.2, 0) is 12.1 Å². The number of quaternary nitrogens is 1. The van der Waals surface area contributed by atoms with E-state index in [0.717, 1.165) is 61.0 Å².